The van der Waals surface area contributed by atoms with Gasteiger partial charge in [-0.15, -0.1) is 0 Å². The average molecular weight is 232 g/mol. The van der Waals surface area contributed by atoms with E-state index in [-0.39, 0.29) is 10.7 Å². The number of rotatable bonds is 4. The molecule has 0 amide bonds. The fourth-order valence-corrected chi connectivity index (χ4v) is 1.63. The Balaban J connectivity index is 2.19. The molecule has 0 unspecified atom stereocenters. The summed E-state index contributed by atoms with van der Waals surface area (Å²) in [6, 6.07) is 10.6. The van der Waals surface area contributed by atoms with Crippen LogP contribution < -0.4 is 4.74 Å². The molecule has 0 N–H and O–H groups in total. The second-order valence-electron chi connectivity index (χ2n) is 3.60. The van der Waals surface area contributed by atoms with Gasteiger partial charge >= 0.3 is 5.82 Å². The minimum absolute atomic E-state index is 0.0980. The highest BCUT2D eigenvalue weighted by molar-refractivity contribution is 5.29. The first-order valence-electron chi connectivity index (χ1n) is 5.13. The molecule has 0 radical (unpaired) electrons. The first-order chi connectivity index (χ1) is 8.20. The Morgan fingerprint density at radius 1 is 1.29 bits per heavy atom. The minimum atomic E-state index is -0.385. The van der Waals surface area contributed by atoms with Crippen LogP contribution in [-0.4, -0.2) is 16.6 Å². The van der Waals surface area contributed by atoms with Gasteiger partial charge in [0.15, 0.2) is 0 Å². The lowest BCUT2D eigenvalue weighted by atomic mass is 10.2. The topological polar surface area (TPSA) is 57.3 Å². The fourth-order valence-electron chi connectivity index (χ4n) is 1.63. The molecule has 17 heavy (non-hydrogen) atoms. The lowest BCUT2D eigenvalue weighted by molar-refractivity contribution is -0.391. The zero-order valence-corrected chi connectivity index (χ0v) is 9.37. The van der Waals surface area contributed by atoms with E-state index < -0.39 is 0 Å². The molecule has 0 saturated heterocycles. The molecule has 0 spiro atoms. The first-order valence-corrected chi connectivity index (χ1v) is 5.13. The molecule has 0 atom stereocenters. The van der Waals surface area contributed by atoms with E-state index in [1.165, 1.54) is 6.07 Å². The van der Waals surface area contributed by atoms with Gasteiger partial charge in [0.1, 0.15) is 12.3 Å². The number of benzene rings is 1. The summed E-state index contributed by atoms with van der Waals surface area (Å²) in [4.78, 5) is 10.4. The fraction of sp³-hybridized carbons (Fsp3) is 0.167. The van der Waals surface area contributed by atoms with Crippen LogP contribution in [0.15, 0.2) is 42.6 Å². The van der Waals surface area contributed by atoms with E-state index in [4.69, 9.17) is 4.74 Å². The maximum atomic E-state index is 10.7. The van der Waals surface area contributed by atoms with Crippen molar-refractivity contribution in [3.8, 4) is 5.75 Å². The number of hydrogen-bond donors (Lipinski definition) is 0. The Kier molecular flexibility index (Phi) is 3.09. The second kappa shape index (κ2) is 4.69. The molecule has 5 nitrogen and oxygen atoms in total. The lowest BCUT2D eigenvalue weighted by Gasteiger charge is -2.03. The number of aromatic nitrogens is 1. The summed E-state index contributed by atoms with van der Waals surface area (Å²) in [5.74, 6) is 0.872. The molecule has 2 aromatic rings. The first kappa shape index (κ1) is 11.2. The maximum Gasteiger partial charge on any atom is 0.323 e. The highest BCUT2D eigenvalue weighted by atomic mass is 16.6. The molecule has 1 aromatic carbocycles. The van der Waals surface area contributed by atoms with Gasteiger partial charge in [0, 0.05) is 6.07 Å². The second-order valence-corrected chi connectivity index (χ2v) is 3.60. The largest absolute Gasteiger partial charge is 0.497 e. The van der Waals surface area contributed by atoms with Crippen molar-refractivity contribution < 1.29 is 9.66 Å². The van der Waals surface area contributed by atoms with Crippen LogP contribution in [0.5, 0.6) is 5.75 Å². The third-order valence-electron chi connectivity index (χ3n) is 2.50. The molecule has 0 saturated carbocycles. The van der Waals surface area contributed by atoms with E-state index in [0.717, 1.165) is 11.3 Å². The van der Waals surface area contributed by atoms with E-state index >= 15 is 0 Å². The summed E-state index contributed by atoms with van der Waals surface area (Å²) >= 11 is 0. The predicted molar refractivity (Wildman–Crippen MR) is 63.2 cm³/mol. The molecule has 0 aliphatic rings. The van der Waals surface area contributed by atoms with Crippen molar-refractivity contribution in [1.82, 2.24) is 4.57 Å². The summed E-state index contributed by atoms with van der Waals surface area (Å²) < 4.78 is 6.65. The summed E-state index contributed by atoms with van der Waals surface area (Å²) in [5, 5.41) is 10.7. The Bertz CT molecular complexity index is 517. The van der Waals surface area contributed by atoms with Crippen LogP contribution >= 0.6 is 0 Å². The smallest absolute Gasteiger partial charge is 0.323 e. The van der Waals surface area contributed by atoms with Gasteiger partial charge in [0.2, 0.25) is 0 Å². The van der Waals surface area contributed by atoms with Crippen molar-refractivity contribution in [2.75, 3.05) is 7.11 Å². The molecule has 2 rings (SSSR count). The number of nitro groups is 1. The van der Waals surface area contributed by atoms with Crippen molar-refractivity contribution in [2.24, 2.45) is 0 Å². The number of ether oxygens (including phenoxy) is 1. The van der Waals surface area contributed by atoms with Gasteiger partial charge in [-0.3, -0.25) is 0 Å². The molecular formula is C12H12N2O3. The van der Waals surface area contributed by atoms with Crippen LogP contribution in [0.3, 0.4) is 0 Å². The molecule has 0 bridgehead atoms. The highest BCUT2D eigenvalue weighted by Gasteiger charge is 2.11. The lowest BCUT2D eigenvalue weighted by Crippen LogP contribution is -2.02. The third kappa shape index (κ3) is 2.44. The SMILES string of the molecule is COc1ccc(Cn2cccc2[N+](=O)[O-])cc1. The van der Waals surface area contributed by atoms with Crippen molar-refractivity contribution >= 4 is 5.82 Å². The highest BCUT2D eigenvalue weighted by Crippen LogP contribution is 2.16. The molecule has 0 fully saturated rings. The van der Waals surface area contributed by atoms with E-state index in [0.29, 0.717) is 6.54 Å². The summed E-state index contributed by atoms with van der Waals surface area (Å²) in [7, 11) is 1.60. The summed E-state index contributed by atoms with van der Waals surface area (Å²) in [6.07, 6.45) is 1.70. The molecule has 88 valence electrons. The third-order valence-corrected chi connectivity index (χ3v) is 2.50. The summed E-state index contributed by atoms with van der Waals surface area (Å²) in [6.45, 7) is 0.479. The van der Waals surface area contributed by atoms with Gasteiger partial charge in [0.25, 0.3) is 0 Å². The van der Waals surface area contributed by atoms with Crippen LogP contribution in [0, 0.1) is 10.1 Å². The Morgan fingerprint density at radius 3 is 2.59 bits per heavy atom. The molecule has 5 heteroatoms. The monoisotopic (exact) mass is 232 g/mol. The van der Waals surface area contributed by atoms with E-state index in [9.17, 15) is 10.1 Å². The van der Waals surface area contributed by atoms with Crippen molar-refractivity contribution in [2.45, 2.75) is 6.54 Å². The molecular weight excluding hydrogens is 220 g/mol. The van der Waals surface area contributed by atoms with Crippen LogP contribution in [0.1, 0.15) is 5.56 Å². The van der Waals surface area contributed by atoms with Crippen LogP contribution in [-0.2, 0) is 6.54 Å². The van der Waals surface area contributed by atoms with Crippen molar-refractivity contribution in [3.05, 3.63) is 58.3 Å². The van der Waals surface area contributed by atoms with E-state index in [1.54, 1.807) is 23.9 Å². The summed E-state index contributed by atoms with van der Waals surface area (Å²) in [5.41, 5.74) is 0.991. The van der Waals surface area contributed by atoms with Gasteiger partial charge in [-0.1, -0.05) is 12.1 Å². The van der Waals surface area contributed by atoms with Gasteiger partial charge in [0.05, 0.1) is 13.3 Å². The molecule has 1 heterocycles. The van der Waals surface area contributed by atoms with Crippen molar-refractivity contribution in [1.29, 1.82) is 0 Å². The standard InChI is InChI=1S/C12H12N2O3/c1-17-11-6-4-10(5-7-11)9-13-8-2-3-12(13)14(15)16/h2-8H,9H2,1H3. The van der Waals surface area contributed by atoms with Crippen molar-refractivity contribution in [3.63, 3.8) is 0 Å². The van der Waals surface area contributed by atoms with Crippen LogP contribution in [0.25, 0.3) is 0 Å². The van der Waals surface area contributed by atoms with E-state index in [2.05, 4.69) is 0 Å². The zero-order chi connectivity index (χ0) is 12.3. The van der Waals surface area contributed by atoms with Crippen LogP contribution in [0.2, 0.25) is 0 Å². The molecule has 1 aromatic heterocycles. The van der Waals surface area contributed by atoms with Gasteiger partial charge in [-0.2, -0.15) is 0 Å². The molecule has 0 aliphatic carbocycles. The quantitative estimate of drug-likeness (QED) is 0.601. The number of nitrogens with zero attached hydrogens (tertiary/aromatic N) is 2. The predicted octanol–water partition coefficient (Wildman–Crippen LogP) is 2.45. The average Bonchev–Trinajstić information content (AvgIpc) is 2.78. The van der Waals surface area contributed by atoms with Crippen LogP contribution in [0.4, 0.5) is 5.82 Å². The van der Waals surface area contributed by atoms with Gasteiger partial charge < -0.3 is 14.9 Å². The Hall–Kier alpha value is -2.30. The van der Waals surface area contributed by atoms with Gasteiger partial charge in [-0.25, -0.2) is 4.57 Å². The molecule has 0 aliphatic heterocycles. The Labute approximate surface area is 98.4 Å². The normalized spacial score (nSPS) is 10.2. The van der Waals surface area contributed by atoms with Gasteiger partial charge in [-0.05, 0) is 28.7 Å². The number of hydrogen-bond acceptors (Lipinski definition) is 3. The minimum Gasteiger partial charge on any atom is -0.497 e. The van der Waals surface area contributed by atoms with E-state index in [1.807, 2.05) is 24.3 Å². The maximum absolute atomic E-state index is 10.7. The zero-order valence-electron chi connectivity index (χ0n) is 9.37. The number of methoxy groups -OCH3 is 1. The Morgan fingerprint density at radius 2 is 2.00 bits per heavy atom.